The summed E-state index contributed by atoms with van der Waals surface area (Å²) in [6.45, 7) is 6.76. The van der Waals surface area contributed by atoms with Crippen molar-refractivity contribution in [3.63, 3.8) is 0 Å². The fourth-order valence-electron chi connectivity index (χ4n) is 5.12. The smallest absolute Gasteiger partial charge is 0.305 e. The molecule has 3 aromatic rings. The molecule has 1 aliphatic carbocycles. The first-order valence-corrected chi connectivity index (χ1v) is 13.7. The van der Waals surface area contributed by atoms with Crippen LogP contribution in [0.25, 0.3) is 11.3 Å². The number of carbonyl (C=O) groups is 3. The second kappa shape index (κ2) is 12.6. The summed E-state index contributed by atoms with van der Waals surface area (Å²) in [5.74, 6) is -2.74. The van der Waals surface area contributed by atoms with Crippen LogP contribution < -0.4 is 10.6 Å². The van der Waals surface area contributed by atoms with Crippen LogP contribution in [-0.2, 0) is 11.3 Å². The number of hydrogen-bond acceptors (Lipinski definition) is 5. The molecule has 2 amide bonds. The summed E-state index contributed by atoms with van der Waals surface area (Å²) in [5, 5.41) is 18.8. The number of aliphatic carboxylic acids is 1. The quantitative estimate of drug-likeness (QED) is 0.341. The van der Waals surface area contributed by atoms with E-state index in [0.717, 1.165) is 43.9 Å². The minimum atomic E-state index is -1.02. The molecule has 0 radical (unpaired) electrons. The predicted octanol–water partition coefficient (Wildman–Crippen LogP) is 4.81. The third-order valence-electron chi connectivity index (χ3n) is 7.48. The summed E-state index contributed by atoms with van der Waals surface area (Å²) in [5.41, 5.74) is 1.61. The molecule has 2 aromatic heterocycles. The van der Waals surface area contributed by atoms with E-state index in [9.17, 15) is 23.2 Å². The maximum Gasteiger partial charge on any atom is 0.305 e. The number of carbonyl (C=O) groups excluding carboxylic acids is 2. The molecule has 2 heterocycles. The average molecular weight is 568 g/mol. The minimum Gasteiger partial charge on any atom is -0.481 e. The number of nitrogens with one attached hydrogen (secondary N) is 2. The van der Waals surface area contributed by atoms with Gasteiger partial charge >= 0.3 is 5.97 Å². The lowest BCUT2D eigenvalue weighted by Crippen LogP contribution is -2.40. The van der Waals surface area contributed by atoms with E-state index in [0.29, 0.717) is 11.6 Å². The van der Waals surface area contributed by atoms with Gasteiger partial charge < -0.3 is 15.7 Å². The molecule has 0 spiro atoms. The summed E-state index contributed by atoms with van der Waals surface area (Å²) < 4.78 is 29.3. The van der Waals surface area contributed by atoms with E-state index in [4.69, 9.17) is 5.11 Å². The highest BCUT2D eigenvalue weighted by Gasteiger charge is 2.31. The molecule has 4 rings (SSSR count). The van der Waals surface area contributed by atoms with E-state index in [1.54, 1.807) is 6.07 Å². The van der Waals surface area contributed by atoms with Gasteiger partial charge in [-0.15, -0.1) is 0 Å². The first-order valence-electron chi connectivity index (χ1n) is 13.7. The predicted molar refractivity (Wildman–Crippen MR) is 148 cm³/mol. The van der Waals surface area contributed by atoms with Crippen LogP contribution >= 0.6 is 0 Å². The number of hydrogen-bond donors (Lipinski definition) is 3. The molecule has 11 heteroatoms. The average Bonchev–Trinajstić information content (AvgIpc) is 3.32. The maximum absolute atomic E-state index is 13.9. The van der Waals surface area contributed by atoms with Crippen LogP contribution in [0.4, 0.5) is 8.78 Å². The number of carboxylic acid groups (broad SMARTS) is 1. The molecular formula is C30H35F2N5O4. The van der Waals surface area contributed by atoms with Crippen LogP contribution in [0.2, 0.25) is 0 Å². The fraction of sp³-hybridized carbons (Fsp3) is 0.433. The zero-order valence-corrected chi connectivity index (χ0v) is 23.4. The van der Waals surface area contributed by atoms with Crippen molar-refractivity contribution in [3.05, 3.63) is 71.2 Å². The standard InChI is InChI=1S/C30H35F2N5O4/c1-30(2,3)20-5-8-23(9-6-20)35-29(41)26-15-25(19-12-21(31)14-22(32)13-19)36-37(26)17-24-7-4-18(16-34-24)28(40)33-11-10-27(38)39/h4,7,12-16,20,23H,5-6,8-11,17H2,1-3H3,(H,33,40)(H,35,41)(H,38,39). The van der Waals surface area contributed by atoms with Crippen molar-refractivity contribution in [1.29, 1.82) is 0 Å². The van der Waals surface area contributed by atoms with E-state index in [1.165, 1.54) is 23.0 Å². The zero-order valence-electron chi connectivity index (χ0n) is 23.4. The van der Waals surface area contributed by atoms with Crippen molar-refractivity contribution >= 4 is 17.8 Å². The molecule has 9 nitrogen and oxygen atoms in total. The van der Waals surface area contributed by atoms with Gasteiger partial charge in [0.2, 0.25) is 0 Å². The molecule has 0 aliphatic heterocycles. The second-order valence-electron chi connectivity index (χ2n) is 11.6. The number of halogens is 2. The van der Waals surface area contributed by atoms with Crippen molar-refractivity contribution in [3.8, 4) is 11.3 Å². The Bertz CT molecular complexity index is 1390. The number of benzene rings is 1. The number of nitrogens with zero attached hydrogens (tertiary/aromatic N) is 3. The van der Waals surface area contributed by atoms with Crippen LogP contribution in [0.15, 0.2) is 42.6 Å². The van der Waals surface area contributed by atoms with Crippen LogP contribution in [-0.4, -0.2) is 50.2 Å². The fourth-order valence-corrected chi connectivity index (χ4v) is 5.12. The number of aromatic nitrogens is 3. The molecule has 0 saturated heterocycles. The number of rotatable bonds is 9. The third kappa shape index (κ3) is 7.96. The van der Waals surface area contributed by atoms with Crippen LogP contribution in [0.3, 0.4) is 0 Å². The number of pyridine rings is 1. The largest absolute Gasteiger partial charge is 0.481 e. The summed E-state index contributed by atoms with van der Waals surface area (Å²) in [6.07, 6.45) is 4.91. The molecule has 218 valence electrons. The van der Waals surface area contributed by atoms with Crippen LogP contribution in [0.1, 0.15) is 79.4 Å². The van der Waals surface area contributed by atoms with Gasteiger partial charge in [-0.3, -0.25) is 24.0 Å². The Morgan fingerprint density at radius 1 is 1.00 bits per heavy atom. The van der Waals surface area contributed by atoms with Gasteiger partial charge in [0, 0.05) is 30.4 Å². The van der Waals surface area contributed by atoms with Crippen molar-refractivity contribution in [1.82, 2.24) is 25.4 Å². The lowest BCUT2D eigenvalue weighted by molar-refractivity contribution is -0.136. The lowest BCUT2D eigenvalue weighted by Gasteiger charge is -2.37. The molecule has 1 saturated carbocycles. The van der Waals surface area contributed by atoms with Crippen molar-refractivity contribution in [2.75, 3.05) is 6.54 Å². The highest BCUT2D eigenvalue weighted by molar-refractivity contribution is 5.94. The Balaban J connectivity index is 1.53. The first-order chi connectivity index (χ1) is 19.4. The monoisotopic (exact) mass is 567 g/mol. The number of amides is 2. The molecule has 0 bridgehead atoms. The van der Waals surface area contributed by atoms with Gasteiger partial charge in [-0.2, -0.15) is 5.10 Å². The second-order valence-corrected chi connectivity index (χ2v) is 11.6. The molecule has 1 aliphatic rings. The molecular weight excluding hydrogens is 532 g/mol. The normalized spacial score (nSPS) is 17.2. The molecule has 0 atom stereocenters. The van der Waals surface area contributed by atoms with Crippen molar-refractivity contribution in [2.45, 2.75) is 65.5 Å². The Hall–Kier alpha value is -4.15. The maximum atomic E-state index is 13.9. The highest BCUT2D eigenvalue weighted by atomic mass is 19.1. The SMILES string of the molecule is CC(C)(C)C1CCC(NC(=O)c2cc(-c3cc(F)cc(F)c3)nn2Cc2ccc(C(=O)NCCC(=O)O)cn2)CC1. The van der Waals surface area contributed by atoms with Gasteiger partial charge in [0.1, 0.15) is 17.3 Å². The highest BCUT2D eigenvalue weighted by Crippen LogP contribution is 2.37. The molecule has 3 N–H and O–H groups in total. The Kier molecular flexibility index (Phi) is 9.14. The van der Waals surface area contributed by atoms with E-state index < -0.39 is 23.5 Å². The lowest BCUT2D eigenvalue weighted by atomic mass is 9.71. The van der Waals surface area contributed by atoms with Gasteiger partial charge in [-0.05, 0) is 67.3 Å². The van der Waals surface area contributed by atoms with Crippen molar-refractivity contribution < 1.29 is 28.3 Å². The Labute approximate surface area is 237 Å². The third-order valence-corrected chi connectivity index (χ3v) is 7.48. The Morgan fingerprint density at radius 3 is 2.27 bits per heavy atom. The summed E-state index contributed by atoms with van der Waals surface area (Å²) in [7, 11) is 0. The van der Waals surface area contributed by atoms with Crippen LogP contribution in [0.5, 0.6) is 0 Å². The van der Waals surface area contributed by atoms with Gasteiger partial charge in [-0.1, -0.05) is 20.8 Å². The molecule has 0 unspecified atom stereocenters. The first kappa shape index (κ1) is 29.8. The summed E-state index contributed by atoms with van der Waals surface area (Å²) in [4.78, 5) is 40.6. The molecule has 1 fully saturated rings. The van der Waals surface area contributed by atoms with E-state index in [1.807, 2.05) is 0 Å². The number of carboxylic acids is 1. The van der Waals surface area contributed by atoms with E-state index in [2.05, 4.69) is 41.5 Å². The zero-order chi connectivity index (χ0) is 29.7. The summed E-state index contributed by atoms with van der Waals surface area (Å²) >= 11 is 0. The van der Waals surface area contributed by atoms with E-state index in [-0.39, 0.29) is 59.4 Å². The van der Waals surface area contributed by atoms with Crippen molar-refractivity contribution in [2.24, 2.45) is 11.3 Å². The van der Waals surface area contributed by atoms with Gasteiger partial charge in [0.05, 0.1) is 29.9 Å². The summed E-state index contributed by atoms with van der Waals surface area (Å²) in [6, 6.07) is 7.74. The van der Waals surface area contributed by atoms with Gasteiger partial charge in [-0.25, -0.2) is 8.78 Å². The topological polar surface area (TPSA) is 126 Å². The van der Waals surface area contributed by atoms with E-state index >= 15 is 0 Å². The van der Waals surface area contributed by atoms with Crippen LogP contribution in [0, 0.1) is 23.0 Å². The molecule has 1 aromatic carbocycles. The minimum absolute atomic E-state index is 0.0107. The van der Waals surface area contributed by atoms with Gasteiger partial charge in [0.15, 0.2) is 0 Å². The van der Waals surface area contributed by atoms with Gasteiger partial charge in [0.25, 0.3) is 11.8 Å². The Morgan fingerprint density at radius 2 is 1.68 bits per heavy atom. The molecule has 41 heavy (non-hydrogen) atoms.